The first-order chi connectivity index (χ1) is 20.1. The van der Waals surface area contributed by atoms with Gasteiger partial charge in [-0.3, -0.25) is 4.57 Å². The molecule has 0 bridgehead atoms. The minimum absolute atomic E-state index is 0.0450. The maximum atomic E-state index is 3.61. The second-order valence-corrected chi connectivity index (χ2v) is 17.7. The number of hydrogen-bond donors (Lipinski definition) is 1. The molecule has 0 fully saturated rings. The summed E-state index contributed by atoms with van der Waals surface area (Å²) in [6.45, 7) is 13.7. The van der Waals surface area contributed by atoms with Crippen LogP contribution in [0.1, 0.15) is 26.3 Å². The lowest BCUT2D eigenvalue weighted by Crippen LogP contribution is -2.53. The lowest BCUT2D eigenvalue weighted by atomic mass is 9.87. The summed E-state index contributed by atoms with van der Waals surface area (Å²) in [6.07, 6.45) is 6.51. The summed E-state index contributed by atoms with van der Waals surface area (Å²) in [5.74, 6) is 1.13. The highest BCUT2D eigenvalue weighted by atomic mass is 28.3. The van der Waals surface area contributed by atoms with Gasteiger partial charge in [0.15, 0.2) is 0 Å². The highest BCUT2D eigenvalue weighted by molar-refractivity contribution is 7.00. The van der Waals surface area contributed by atoms with Gasteiger partial charge in [-0.1, -0.05) is 105 Å². The summed E-state index contributed by atoms with van der Waals surface area (Å²) in [5, 5.41) is 9.12. The van der Waals surface area contributed by atoms with Crippen molar-refractivity contribution in [1.29, 1.82) is 0 Å². The van der Waals surface area contributed by atoms with Gasteiger partial charge < -0.3 is 15.1 Å². The van der Waals surface area contributed by atoms with E-state index in [9.17, 15) is 0 Å². The predicted octanol–water partition coefficient (Wildman–Crippen LogP) is 7.42. The minimum Gasteiger partial charge on any atom is -0.368 e. The van der Waals surface area contributed by atoms with Crippen LogP contribution in [0, 0.1) is 0 Å². The molecule has 4 nitrogen and oxygen atoms in total. The van der Waals surface area contributed by atoms with Crippen molar-refractivity contribution in [2.45, 2.75) is 39.3 Å². The molecule has 2 aliphatic rings. The Morgan fingerprint density at radius 2 is 1.50 bits per heavy atom. The van der Waals surface area contributed by atoms with E-state index in [1.165, 1.54) is 54.8 Å². The molecule has 7 rings (SSSR count). The summed E-state index contributed by atoms with van der Waals surface area (Å²) in [6, 6.07) is 32.2. The van der Waals surface area contributed by atoms with Crippen LogP contribution in [0.5, 0.6) is 0 Å². The van der Waals surface area contributed by atoms with E-state index in [-0.39, 0.29) is 5.41 Å². The molecule has 0 saturated carbocycles. The standard InChI is InChI=1S/C37H40N4Si/c1-37(2,3)26-21-27(40-25-39(4)33-15-9-10-16-34(33)40)23-29(22-26)42(5,6)28-18-19-31-30-13-7-8-14-32(30)41(35(31)24-28)36-17-11-12-20-38-36/h7-19,21-24,38H,20,25H2,1-6H3. The van der Waals surface area contributed by atoms with Crippen LogP contribution in [-0.2, 0) is 5.41 Å². The van der Waals surface area contributed by atoms with E-state index in [2.05, 4.69) is 164 Å². The van der Waals surface area contributed by atoms with Crippen LogP contribution in [-0.4, -0.2) is 32.9 Å². The van der Waals surface area contributed by atoms with Crippen molar-refractivity contribution in [2.24, 2.45) is 0 Å². The van der Waals surface area contributed by atoms with Crippen molar-refractivity contribution >= 4 is 63.1 Å². The highest BCUT2D eigenvalue weighted by Gasteiger charge is 2.32. The quantitative estimate of drug-likeness (QED) is 0.228. The molecule has 0 atom stereocenters. The number of fused-ring (bicyclic) bond motifs is 4. The number of nitrogens with one attached hydrogen (secondary N) is 1. The maximum Gasteiger partial charge on any atom is 0.112 e. The molecule has 42 heavy (non-hydrogen) atoms. The molecule has 0 amide bonds. The molecule has 0 spiro atoms. The van der Waals surface area contributed by atoms with Gasteiger partial charge in [-0.2, -0.15) is 0 Å². The number of aromatic nitrogens is 1. The molecule has 212 valence electrons. The molecule has 0 saturated heterocycles. The fourth-order valence-electron chi connectivity index (χ4n) is 6.55. The van der Waals surface area contributed by atoms with Crippen molar-refractivity contribution in [1.82, 2.24) is 9.88 Å². The molecule has 1 aromatic heterocycles. The predicted molar refractivity (Wildman–Crippen MR) is 185 cm³/mol. The first-order valence-electron chi connectivity index (χ1n) is 15.0. The van der Waals surface area contributed by atoms with Gasteiger partial charge in [0.25, 0.3) is 0 Å². The molecule has 3 heterocycles. The van der Waals surface area contributed by atoms with Crippen LogP contribution in [0.15, 0.2) is 103 Å². The Balaban J connectivity index is 1.40. The normalized spacial score (nSPS) is 15.3. The van der Waals surface area contributed by atoms with Crippen LogP contribution in [0.25, 0.3) is 27.6 Å². The third-order valence-electron chi connectivity index (χ3n) is 9.18. The van der Waals surface area contributed by atoms with E-state index < -0.39 is 8.07 Å². The van der Waals surface area contributed by atoms with Gasteiger partial charge in [0.1, 0.15) is 13.9 Å². The van der Waals surface area contributed by atoms with E-state index in [4.69, 9.17) is 0 Å². The third kappa shape index (κ3) is 4.26. The smallest absolute Gasteiger partial charge is 0.112 e. The van der Waals surface area contributed by atoms with Crippen molar-refractivity contribution in [3.63, 3.8) is 0 Å². The number of dihydropyridines is 1. The van der Waals surface area contributed by atoms with Gasteiger partial charge in [0.05, 0.1) is 29.1 Å². The molecule has 0 radical (unpaired) electrons. The van der Waals surface area contributed by atoms with Crippen LogP contribution >= 0.6 is 0 Å². The lowest BCUT2D eigenvalue weighted by Gasteiger charge is -2.30. The zero-order valence-electron chi connectivity index (χ0n) is 25.6. The van der Waals surface area contributed by atoms with Crippen molar-refractivity contribution < 1.29 is 0 Å². The molecule has 5 aromatic rings. The molecule has 5 heteroatoms. The summed E-state index contributed by atoms with van der Waals surface area (Å²) >= 11 is 0. The fraction of sp³-hybridized carbons (Fsp3) is 0.243. The molecule has 1 N–H and O–H groups in total. The average Bonchev–Trinajstić information content (AvgIpc) is 3.51. The Morgan fingerprint density at radius 3 is 2.26 bits per heavy atom. The van der Waals surface area contributed by atoms with E-state index in [0.29, 0.717) is 0 Å². The SMILES string of the molecule is CN1CN(c2cc(C(C)(C)C)cc([Si](C)(C)c3ccc4c5ccccc5n(C5=CC=CCN5)c4c3)c2)c2ccccc21. The molecular formula is C37H40N4Si. The van der Waals surface area contributed by atoms with E-state index in [1.54, 1.807) is 0 Å². The lowest BCUT2D eigenvalue weighted by molar-refractivity contribution is 0.590. The fourth-order valence-corrected chi connectivity index (χ4v) is 8.91. The van der Waals surface area contributed by atoms with Gasteiger partial charge in [-0.25, -0.2) is 0 Å². The largest absolute Gasteiger partial charge is 0.368 e. The summed E-state index contributed by atoms with van der Waals surface area (Å²) in [7, 11) is 0.0846. The Hall–Kier alpha value is -4.22. The second kappa shape index (κ2) is 9.67. The van der Waals surface area contributed by atoms with Crippen molar-refractivity contribution in [3.05, 3.63) is 109 Å². The van der Waals surface area contributed by atoms with Crippen LogP contribution < -0.4 is 25.5 Å². The number of anilines is 3. The van der Waals surface area contributed by atoms with Crippen molar-refractivity contribution in [2.75, 3.05) is 30.1 Å². The summed E-state index contributed by atoms with van der Waals surface area (Å²) in [5.41, 5.74) is 7.80. The summed E-state index contributed by atoms with van der Waals surface area (Å²) < 4.78 is 2.41. The Morgan fingerprint density at radius 1 is 0.762 bits per heavy atom. The van der Waals surface area contributed by atoms with E-state index >= 15 is 0 Å². The molecule has 4 aromatic carbocycles. The molecule has 0 aliphatic carbocycles. The minimum atomic E-state index is -2.10. The number of hydrogen-bond acceptors (Lipinski definition) is 3. The number of nitrogens with zero attached hydrogens (tertiary/aromatic N) is 3. The second-order valence-electron chi connectivity index (χ2n) is 13.3. The van der Waals surface area contributed by atoms with Gasteiger partial charge in [0.2, 0.25) is 0 Å². The maximum absolute atomic E-state index is 3.61. The van der Waals surface area contributed by atoms with Crippen LogP contribution in [0.4, 0.5) is 17.1 Å². The van der Waals surface area contributed by atoms with Crippen molar-refractivity contribution in [3.8, 4) is 0 Å². The first-order valence-corrected chi connectivity index (χ1v) is 18.0. The Kier molecular flexibility index (Phi) is 6.14. The third-order valence-corrected chi connectivity index (χ3v) is 12.7. The number of para-hydroxylation sites is 3. The van der Waals surface area contributed by atoms with Crippen LogP contribution in [0.3, 0.4) is 0 Å². The highest BCUT2D eigenvalue weighted by Crippen LogP contribution is 2.40. The number of allylic oxidation sites excluding steroid dienone is 2. The zero-order chi connectivity index (χ0) is 29.2. The average molecular weight is 569 g/mol. The van der Waals surface area contributed by atoms with Gasteiger partial charge >= 0.3 is 0 Å². The topological polar surface area (TPSA) is 23.4 Å². The van der Waals surface area contributed by atoms with Gasteiger partial charge in [0, 0.05) is 30.1 Å². The zero-order valence-corrected chi connectivity index (χ0v) is 26.6. The monoisotopic (exact) mass is 568 g/mol. The number of rotatable bonds is 4. The van der Waals surface area contributed by atoms with E-state index in [0.717, 1.165) is 19.0 Å². The van der Waals surface area contributed by atoms with Gasteiger partial charge in [-0.05, 0) is 53.5 Å². The molecule has 2 aliphatic heterocycles. The number of benzene rings is 4. The first kappa shape index (κ1) is 26.7. The van der Waals surface area contributed by atoms with Crippen LogP contribution in [0.2, 0.25) is 13.1 Å². The molecular weight excluding hydrogens is 529 g/mol. The molecule has 0 unspecified atom stereocenters. The summed E-state index contributed by atoms with van der Waals surface area (Å²) in [4.78, 5) is 4.83. The Labute approximate surface area is 250 Å². The van der Waals surface area contributed by atoms with Gasteiger partial charge in [-0.15, -0.1) is 0 Å². The Bertz CT molecular complexity index is 1900. The van der Waals surface area contributed by atoms with E-state index in [1.807, 2.05) is 0 Å².